The van der Waals surface area contributed by atoms with Gasteiger partial charge in [0.2, 0.25) is 0 Å². The molecular weight excluding hydrogens is 166 g/mol. The summed E-state index contributed by atoms with van der Waals surface area (Å²) >= 11 is 0. The van der Waals surface area contributed by atoms with E-state index < -0.39 is 0 Å². The Hall–Kier alpha value is -1.03. The van der Waals surface area contributed by atoms with E-state index in [9.17, 15) is 4.79 Å². The van der Waals surface area contributed by atoms with Gasteiger partial charge in [-0.3, -0.25) is 4.57 Å². The largest absolute Gasteiger partial charge is 0.327 e. The molecule has 1 heterocycles. The van der Waals surface area contributed by atoms with Crippen LogP contribution in [0.3, 0.4) is 0 Å². The summed E-state index contributed by atoms with van der Waals surface area (Å²) in [5.41, 5.74) is 0.0583. The van der Waals surface area contributed by atoms with Gasteiger partial charge in [-0.1, -0.05) is 6.92 Å². The summed E-state index contributed by atoms with van der Waals surface area (Å²) in [4.78, 5) is 11.4. The van der Waals surface area contributed by atoms with E-state index in [-0.39, 0.29) is 5.69 Å². The molecule has 4 nitrogen and oxygen atoms in total. The number of nitrogens with one attached hydrogen (secondary N) is 1. The fourth-order valence-corrected chi connectivity index (χ4v) is 1.40. The standard InChI is InChI=1S/C9H17N3O/c1-8(6-10-2)7-12-5-4-11(3)9(12)13/h4-5,8,10H,6-7H2,1-3H3. The fourth-order valence-electron chi connectivity index (χ4n) is 1.40. The molecule has 0 aromatic carbocycles. The van der Waals surface area contributed by atoms with E-state index in [1.165, 1.54) is 0 Å². The van der Waals surface area contributed by atoms with Gasteiger partial charge in [-0.25, -0.2) is 4.79 Å². The lowest BCUT2D eigenvalue weighted by molar-refractivity contribution is 0.452. The highest BCUT2D eigenvalue weighted by atomic mass is 16.1. The van der Waals surface area contributed by atoms with Crippen molar-refractivity contribution in [3.05, 3.63) is 22.9 Å². The molecule has 0 fully saturated rings. The maximum absolute atomic E-state index is 11.4. The highest BCUT2D eigenvalue weighted by Crippen LogP contribution is 1.96. The molecule has 0 aliphatic carbocycles. The van der Waals surface area contributed by atoms with Gasteiger partial charge in [0.25, 0.3) is 0 Å². The molecule has 0 amide bonds. The normalized spacial score (nSPS) is 13.2. The third-order valence-corrected chi connectivity index (χ3v) is 2.08. The number of hydrogen-bond donors (Lipinski definition) is 1. The molecule has 0 aliphatic heterocycles. The molecular formula is C9H17N3O. The van der Waals surface area contributed by atoms with Crippen molar-refractivity contribution in [3.63, 3.8) is 0 Å². The molecule has 4 heteroatoms. The van der Waals surface area contributed by atoms with Crippen molar-refractivity contribution in [2.24, 2.45) is 13.0 Å². The Morgan fingerprint density at radius 2 is 2.23 bits per heavy atom. The first-order valence-corrected chi connectivity index (χ1v) is 4.51. The maximum atomic E-state index is 11.4. The predicted octanol–water partition coefficient (Wildman–Crippen LogP) is 0.0423. The monoisotopic (exact) mass is 183 g/mol. The Morgan fingerprint density at radius 3 is 2.69 bits per heavy atom. The molecule has 1 unspecified atom stereocenters. The number of aryl methyl sites for hydroxylation is 1. The van der Waals surface area contributed by atoms with Crippen LogP contribution in [-0.2, 0) is 13.6 Å². The molecule has 0 radical (unpaired) electrons. The van der Waals surface area contributed by atoms with Crippen molar-refractivity contribution in [3.8, 4) is 0 Å². The molecule has 0 saturated heterocycles. The summed E-state index contributed by atoms with van der Waals surface area (Å²) in [7, 11) is 3.69. The van der Waals surface area contributed by atoms with Gasteiger partial charge in [0, 0.05) is 26.0 Å². The first-order valence-electron chi connectivity index (χ1n) is 4.51. The van der Waals surface area contributed by atoms with E-state index in [1.807, 2.05) is 13.2 Å². The summed E-state index contributed by atoms with van der Waals surface area (Å²) in [5.74, 6) is 0.477. The number of hydrogen-bond acceptors (Lipinski definition) is 2. The van der Waals surface area contributed by atoms with Crippen molar-refractivity contribution < 1.29 is 0 Å². The Morgan fingerprint density at radius 1 is 1.54 bits per heavy atom. The average Bonchev–Trinajstić information content (AvgIpc) is 2.37. The minimum absolute atomic E-state index is 0.0583. The van der Waals surface area contributed by atoms with Crippen LogP contribution in [0.25, 0.3) is 0 Å². The fraction of sp³-hybridized carbons (Fsp3) is 0.667. The second kappa shape index (κ2) is 4.28. The van der Waals surface area contributed by atoms with Gasteiger partial charge < -0.3 is 9.88 Å². The van der Waals surface area contributed by atoms with Crippen LogP contribution in [0, 0.1) is 5.92 Å². The van der Waals surface area contributed by atoms with Gasteiger partial charge >= 0.3 is 5.69 Å². The smallest absolute Gasteiger partial charge is 0.319 e. The zero-order chi connectivity index (χ0) is 9.84. The Balaban J connectivity index is 2.64. The Bertz CT molecular complexity index is 313. The molecule has 1 rings (SSSR count). The van der Waals surface area contributed by atoms with E-state index in [1.54, 1.807) is 22.4 Å². The van der Waals surface area contributed by atoms with Crippen LogP contribution in [0.2, 0.25) is 0 Å². The maximum Gasteiger partial charge on any atom is 0.327 e. The van der Waals surface area contributed by atoms with E-state index in [0.29, 0.717) is 5.92 Å². The van der Waals surface area contributed by atoms with Crippen LogP contribution in [-0.4, -0.2) is 22.7 Å². The summed E-state index contributed by atoms with van der Waals surface area (Å²) in [6.07, 6.45) is 3.61. The molecule has 1 aromatic heterocycles. The van der Waals surface area contributed by atoms with Crippen LogP contribution >= 0.6 is 0 Å². The zero-order valence-electron chi connectivity index (χ0n) is 8.45. The minimum Gasteiger partial charge on any atom is -0.319 e. The topological polar surface area (TPSA) is 39.0 Å². The van der Waals surface area contributed by atoms with Crippen molar-refractivity contribution in [1.82, 2.24) is 14.5 Å². The first kappa shape index (κ1) is 10.1. The second-order valence-electron chi connectivity index (χ2n) is 3.51. The molecule has 0 saturated carbocycles. The van der Waals surface area contributed by atoms with Gasteiger partial charge in [0.05, 0.1) is 0 Å². The van der Waals surface area contributed by atoms with Crippen molar-refractivity contribution in [1.29, 1.82) is 0 Å². The SMILES string of the molecule is CNCC(C)Cn1ccn(C)c1=O. The van der Waals surface area contributed by atoms with Gasteiger partial charge in [0.15, 0.2) is 0 Å². The van der Waals surface area contributed by atoms with Gasteiger partial charge in [0.1, 0.15) is 0 Å². The number of imidazole rings is 1. The van der Waals surface area contributed by atoms with Crippen LogP contribution in [0.1, 0.15) is 6.92 Å². The third-order valence-electron chi connectivity index (χ3n) is 2.08. The van der Waals surface area contributed by atoms with Gasteiger partial charge in [-0.05, 0) is 19.5 Å². The average molecular weight is 183 g/mol. The van der Waals surface area contributed by atoms with E-state index >= 15 is 0 Å². The summed E-state index contributed by atoms with van der Waals surface area (Å²) in [5, 5.41) is 3.09. The molecule has 1 atom stereocenters. The summed E-state index contributed by atoms with van der Waals surface area (Å²) < 4.78 is 3.33. The second-order valence-corrected chi connectivity index (χ2v) is 3.51. The lowest BCUT2D eigenvalue weighted by Gasteiger charge is -2.09. The predicted molar refractivity (Wildman–Crippen MR) is 52.8 cm³/mol. The third kappa shape index (κ3) is 2.45. The summed E-state index contributed by atoms with van der Waals surface area (Å²) in [6.45, 7) is 3.83. The van der Waals surface area contributed by atoms with Crippen molar-refractivity contribution >= 4 is 0 Å². The Kier molecular flexibility index (Phi) is 3.31. The van der Waals surface area contributed by atoms with E-state index in [2.05, 4.69) is 12.2 Å². The molecule has 0 spiro atoms. The molecule has 13 heavy (non-hydrogen) atoms. The lowest BCUT2D eigenvalue weighted by Crippen LogP contribution is -2.27. The Labute approximate surface area is 78.2 Å². The van der Waals surface area contributed by atoms with Crippen molar-refractivity contribution in [2.75, 3.05) is 13.6 Å². The molecule has 1 N–H and O–H groups in total. The first-order chi connectivity index (χ1) is 6.15. The lowest BCUT2D eigenvalue weighted by atomic mass is 10.2. The number of rotatable bonds is 4. The summed E-state index contributed by atoms with van der Waals surface area (Å²) in [6, 6.07) is 0. The van der Waals surface area contributed by atoms with Crippen LogP contribution < -0.4 is 11.0 Å². The minimum atomic E-state index is 0.0583. The molecule has 0 aliphatic rings. The van der Waals surface area contributed by atoms with Crippen LogP contribution in [0.5, 0.6) is 0 Å². The zero-order valence-corrected chi connectivity index (χ0v) is 8.45. The van der Waals surface area contributed by atoms with E-state index in [0.717, 1.165) is 13.1 Å². The molecule has 1 aromatic rings. The highest BCUT2D eigenvalue weighted by molar-refractivity contribution is 4.80. The highest BCUT2D eigenvalue weighted by Gasteiger charge is 2.04. The van der Waals surface area contributed by atoms with Crippen molar-refractivity contribution in [2.45, 2.75) is 13.5 Å². The van der Waals surface area contributed by atoms with Gasteiger partial charge in [-0.15, -0.1) is 0 Å². The molecule has 74 valence electrons. The van der Waals surface area contributed by atoms with E-state index in [4.69, 9.17) is 0 Å². The van der Waals surface area contributed by atoms with Crippen LogP contribution in [0.4, 0.5) is 0 Å². The number of aromatic nitrogens is 2. The quantitative estimate of drug-likeness (QED) is 0.716. The van der Waals surface area contributed by atoms with Crippen LogP contribution in [0.15, 0.2) is 17.2 Å². The van der Waals surface area contributed by atoms with Gasteiger partial charge in [-0.2, -0.15) is 0 Å². The number of nitrogens with zero attached hydrogens (tertiary/aromatic N) is 2. The molecule has 0 bridgehead atoms.